The van der Waals surface area contributed by atoms with Gasteiger partial charge in [-0.05, 0) is 67.0 Å². The molecule has 6 rings (SSSR count). The number of aliphatic hydroxyl groups is 1. The second kappa shape index (κ2) is 16.0. The van der Waals surface area contributed by atoms with E-state index in [0.29, 0.717) is 49.8 Å². The number of amides is 3. The summed E-state index contributed by atoms with van der Waals surface area (Å²) in [5.74, 6) is -3.18. The molecule has 0 unspecified atom stereocenters. The Labute approximate surface area is 299 Å². The van der Waals surface area contributed by atoms with Gasteiger partial charge in [0, 0.05) is 31.8 Å². The predicted octanol–water partition coefficient (Wildman–Crippen LogP) is 5.26. The zero-order chi connectivity index (χ0) is 36.0. The summed E-state index contributed by atoms with van der Waals surface area (Å²) >= 11 is 0. The predicted molar refractivity (Wildman–Crippen MR) is 194 cm³/mol. The number of allylic oxidation sites excluding steroid dienone is 1. The van der Waals surface area contributed by atoms with Crippen LogP contribution in [0.4, 0.5) is 5.69 Å². The van der Waals surface area contributed by atoms with Gasteiger partial charge in [0.1, 0.15) is 17.7 Å². The molecule has 3 aromatic rings. The number of hydrogen-bond donors (Lipinski definition) is 2. The number of hydrogen-bond acceptors (Lipinski definition) is 7. The molecule has 51 heavy (non-hydrogen) atoms. The lowest BCUT2D eigenvalue weighted by Crippen LogP contribution is -2.56. The molecule has 3 aliphatic rings. The lowest BCUT2D eigenvalue weighted by Gasteiger charge is -2.37. The number of benzene rings is 3. The Morgan fingerprint density at radius 1 is 1.02 bits per heavy atom. The highest BCUT2D eigenvalue weighted by atomic mass is 16.6. The van der Waals surface area contributed by atoms with Gasteiger partial charge in [-0.3, -0.25) is 19.2 Å². The molecule has 3 aromatic carbocycles. The second-order valence-corrected chi connectivity index (χ2v) is 13.6. The SMILES string of the molecule is C=CCCC(=O)NC[C@@H](OC(=O)[C@@H]1[C@H]2C(=O)N(CCCCCO)[C@H](C(=O)N(CC=C)c3ccc4ccccc4c3)[C@]23CC[C@H]1O3)c1ccccc1. The molecule has 10 heteroatoms. The van der Waals surface area contributed by atoms with Crippen molar-refractivity contribution in [3.8, 4) is 0 Å². The summed E-state index contributed by atoms with van der Waals surface area (Å²) in [7, 11) is 0. The van der Waals surface area contributed by atoms with Gasteiger partial charge in [-0.15, -0.1) is 13.2 Å². The van der Waals surface area contributed by atoms with Gasteiger partial charge in [-0.2, -0.15) is 0 Å². The largest absolute Gasteiger partial charge is 0.455 e. The van der Waals surface area contributed by atoms with Crippen LogP contribution < -0.4 is 10.2 Å². The summed E-state index contributed by atoms with van der Waals surface area (Å²) in [5.41, 5.74) is 0.174. The number of aliphatic hydroxyl groups excluding tert-OH is 1. The fourth-order valence-electron chi connectivity index (χ4n) is 8.10. The van der Waals surface area contributed by atoms with Crippen LogP contribution in [-0.2, 0) is 28.7 Å². The minimum atomic E-state index is -1.21. The fraction of sp³-hybridized carbons (Fsp3) is 0.415. The summed E-state index contributed by atoms with van der Waals surface area (Å²) in [5, 5.41) is 14.3. The third kappa shape index (κ3) is 7.21. The van der Waals surface area contributed by atoms with Crippen molar-refractivity contribution in [2.45, 2.75) is 68.8 Å². The van der Waals surface area contributed by atoms with Crippen molar-refractivity contribution >= 4 is 40.2 Å². The summed E-state index contributed by atoms with van der Waals surface area (Å²) in [6.45, 7) is 8.19. The highest BCUT2D eigenvalue weighted by Gasteiger charge is 2.75. The topological polar surface area (TPSA) is 125 Å². The normalized spacial score (nSPS) is 23.9. The molecule has 3 saturated heterocycles. The second-order valence-electron chi connectivity index (χ2n) is 13.6. The fourth-order valence-corrected chi connectivity index (χ4v) is 8.10. The van der Waals surface area contributed by atoms with E-state index in [2.05, 4.69) is 18.5 Å². The maximum Gasteiger partial charge on any atom is 0.313 e. The number of anilines is 1. The highest BCUT2D eigenvalue weighted by Crippen LogP contribution is 2.59. The first-order valence-electron chi connectivity index (χ1n) is 18.0. The first kappa shape index (κ1) is 36.0. The summed E-state index contributed by atoms with van der Waals surface area (Å²) in [6.07, 6.45) is 5.52. The number of unbranched alkanes of at least 4 members (excludes halogenated alkanes) is 2. The molecule has 1 spiro atoms. The minimum Gasteiger partial charge on any atom is -0.455 e. The van der Waals surface area contributed by atoms with Crippen LogP contribution >= 0.6 is 0 Å². The lowest BCUT2D eigenvalue weighted by molar-refractivity contribution is -0.160. The molecular formula is C41H47N3O7. The van der Waals surface area contributed by atoms with Crippen LogP contribution in [0.3, 0.4) is 0 Å². The van der Waals surface area contributed by atoms with Gasteiger partial charge >= 0.3 is 5.97 Å². The molecule has 0 aromatic heterocycles. The molecule has 10 nitrogen and oxygen atoms in total. The van der Waals surface area contributed by atoms with Crippen LogP contribution in [0.25, 0.3) is 10.8 Å². The van der Waals surface area contributed by atoms with Crippen LogP contribution in [-0.4, -0.2) is 77.7 Å². The average Bonchev–Trinajstić information content (AvgIpc) is 3.80. The summed E-state index contributed by atoms with van der Waals surface area (Å²) in [4.78, 5) is 59.5. The molecule has 0 saturated carbocycles. The molecule has 2 N–H and O–H groups in total. The van der Waals surface area contributed by atoms with Crippen molar-refractivity contribution in [3.05, 3.63) is 104 Å². The standard InChI is InChI=1S/C41H47N3O7/c1-3-5-18-34(46)42-27-33(29-15-8-6-9-16-29)50-40(49)35-32-21-22-41(51-32)36(35)38(47)44(24-12-7-13-25-45)37(41)39(48)43(23-4-2)31-20-19-28-14-10-11-17-30(28)26-31/h3-4,6,8-11,14-17,19-20,26,32-33,35-37,45H,1-2,5,7,12-13,18,21-25,27H2,(H,42,46)/t32-,33-,35+,36+,37-,41+/m1/s1. The molecule has 3 heterocycles. The summed E-state index contributed by atoms with van der Waals surface area (Å²) < 4.78 is 12.8. The van der Waals surface area contributed by atoms with E-state index in [-0.39, 0.29) is 50.4 Å². The molecule has 2 bridgehead atoms. The molecule has 268 valence electrons. The monoisotopic (exact) mass is 693 g/mol. The van der Waals surface area contributed by atoms with Crippen molar-refractivity contribution in [2.24, 2.45) is 11.8 Å². The van der Waals surface area contributed by atoms with Crippen molar-refractivity contribution in [1.29, 1.82) is 0 Å². The van der Waals surface area contributed by atoms with Gasteiger partial charge in [-0.25, -0.2) is 0 Å². The van der Waals surface area contributed by atoms with Crippen molar-refractivity contribution < 1.29 is 33.8 Å². The number of ether oxygens (including phenoxy) is 2. The van der Waals surface area contributed by atoms with E-state index in [0.717, 1.165) is 10.8 Å². The first-order chi connectivity index (χ1) is 24.8. The van der Waals surface area contributed by atoms with E-state index in [9.17, 15) is 24.3 Å². The number of rotatable bonds is 17. The molecule has 3 amide bonds. The van der Waals surface area contributed by atoms with Crippen molar-refractivity contribution in [1.82, 2.24) is 10.2 Å². The van der Waals surface area contributed by atoms with Crippen molar-refractivity contribution in [3.63, 3.8) is 0 Å². The molecule has 3 aliphatic heterocycles. The van der Waals surface area contributed by atoms with E-state index < -0.39 is 41.7 Å². The quantitative estimate of drug-likeness (QED) is 0.112. The smallest absolute Gasteiger partial charge is 0.313 e. The van der Waals surface area contributed by atoms with Crippen LogP contribution in [0.15, 0.2) is 98.1 Å². The molecule has 0 radical (unpaired) electrons. The van der Waals surface area contributed by atoms with Crippen LogP contribution in [0.1, 0.15) is 56.6 Å². The third-order valence-corrected chi connectivity index (χ3v) is 10.5. The maximum atomic E-state index is 14.9. The van der Waals surface area contributed by atoms with E-state index in [1.54, 1.807) is 22.0 Å². The Morgan fingerprint density at radius 3 is 2.53 bits per heavy atom. The van der Waals surface area contributed by atoms with Gasteiger partial charge < -0.3 is 29.7 Å². The highest BCUT2D eigenvalue weighted by molar-refractivity contribution is 6.05. The molecule has 0 aliphatic carbocycles. The number of likely N-dealkylation sites (tertiary alicyclic amines) is 1. The zero-order valence-corrected chi connectivity index (χ0v) is 29.0. The number of carbonyl (C=O) groups is 4. The molecule has 3 fully saturated rings. The van der Waals surface area contributed by atoms with Crippen LogP contribution in [0, 0.1) is 11.8 Å². The molecular weight excluding hydrogens is 646 g/mol. The third-order valence-electron chi connectivity index (χ3n) is 10.5. The Balaban J connectivity index is 1.31. The van der Waals surface area contributed by atoms with E-state index in [1.165, 1.54) is 0 Å². The number of nitrogens with one attached hydrogen (secondary N) is 1. The zero-order valence-electron chi connectivity index (χ0n) is 29.0. The van der Waals surface area contributed by atoms with Gasteiger partial charge in [0.2, 0.25) is 11.8 Å². The Hall–Kier alpha value is -4.80. The number of carbonyl (C=O) groups excluding carboxylic acids is 4. The minimum absolute atomic E-state index is 0.0357. The van der Waals surface area contributed by atoms with Gasteiger partial charge in [0.05, 0.1) is 24.5 Å². The van der Waals surface area contributed by atoms with Gasteiger partial charge in [0.25, 0.3) is 5.91 Å². The Bertz CT molecular complexity index is 1760. The maximum absolute atomic E-state index is 14.9. The number of esters is 1. The summed E-state index contributed by atoms with van der Waals surface area (Å²) in [6, 6.07) is 22.0. The number of fused-ring (bicyclic) bond motifs is 2. The average molecular weight is 694 g/mol. The van der Waals surface area contributed by atoms with Crippen LogP contribution in [0.5, 0.6) is 0 Å². The van der Waals surface area contributed by atoms with Crippen molar-refractivity contribution in [2.75, 3.05) is 31.1 Å². The number of nitrogens with zero attached hydrogens (tertiary/aromatic N) is 2. The lowest BCUT2D eigenvalue weighted by atomic mass is 9.70. The van der Waals surface area contributed by atoms with Gasteiger partial charge in [0.15, 0.2) is 0 Å². The van der Waals surface area contributed by atoms with Crippen LogP contribution in [0.2, 0.25) is 0 Å². The molecule has 6 atom stereocenters. The first-order valence-corrected chi connectivity index (χ1v) is 18.0. The Kier molecular flexibility index (Phi) is 11.3. The van der Waals surface area contributed by atoms with E-state index in [4.69, 9.17) is 9.47 Å². The van der Waals surface area contributed by atoms with E-state index in [1.807, 2.05) is 72.8 Å². The van der Waals surface area contributed by atoms with Gasteiger partial charge in [-0.1, -0.05) is 72.8 Å². The van der Waals surface area contributed by atoms with E-state index >= 15 is 0 Å². The Morgan fingerprint density at radius 2 is 1.78 bits per heavy atom.